The molecule has 7 heteroatoms. The van der Waals surface area contributed by atoms with Crippen LogP contribution in [0.15, 0.2) is 29.3 Å². The van der Waals surface area contributed by atoms with E-state index in [4.69, 9.17) is 4.74 Å². The van der Waals surface area contributed by atoms with Crippen LogP contribution in [0.1, 0.15) is 45.3 Å². The lowest BCUT2D eigenvalue weighted by molar-refractivity contribution is 0.152. The molecule has 1 aliphatic heterocycles. The summed E-state index contributed by atoms with van der Waals surface area (Å²) in [6.45, 7) is 13.9. The normalized spacial score (nSPS) is 17.2. The van der Waals surface area contributed by atoms with Gasteiger partial charge < -0.3 is 30.3 Å². The van der Waals surface area contributed by atoms with Gasteiger partial charge in [-0.3, -0.25) is 4.99 Å². The molecule has 3 N–H and O–H groups in total. The van der Waals surface area contributed by atoms with Crippen LogP contribution in [0.25, 0.3) is 0 Å². The van der Waals surface area contributed by atoms with Gasteiger partial charge in [0.05, 0.1) is 18.8 Å². The van der Waals surface area contributed by atoms with E-state index in [0.717, 1.165) is 36.8 Å². The summed E-state index contributed by atoms with van der Waals surface area (Å²) in [5, 5.41) is 17.1. The molecule has 7 nitrogen and oxygen atoms in total. The summed E-state index contributed by atoms with van der Waals surface area (Å²) in [5.41, 5.74) is 0.845. The van der Waals surface area contributed by atoms with Crippen LogP contribution < -0.4 is 15.4 Å². The molecule has 1 saturated heterocycles. The molecule has 1 aliphatic rings. The van der Waals surface area contributed by atoms with Crippen molar-refractivity contribution in [2.45, 2.75) is 45.8 Å². The molecular weight excluding hydrogens is 378 g/mol. The zero-order valence-corrected chi connectivity index (χ0v) is 19.2. The van der Waals surface area contributed by atoms with E-state index in [1.165, 1.54) is 39.1 Å². The number of nitrogens with zero attached hydrogens (tertiary/aromatic N) is 3. The zero-order chi connectivity index (χ0) is 21.8. The van der Waals surface area contributed by atoms with Crippen molar-refractivity contribution in [2.24, 2.45) is 4.99 Å². The predicted molar refractivity (Wildman–Crippen MR) is 124 cm³/mol. The zero-order valence-electron chi connectivity index (χ0n) is 19.2. The Morgan fingerprint density at radius 2 is 1.80 bits per heavy atom. The lowest BCUT2D eigenvalue weighted by Gasteiger charge is -2.32. The highest BCUT2D eigenvalue weighted by atomic mass is 16.5. The summed E-state index contributed by atoms with van der Waals surface area (Å²) in [7, 11) is 2.19. The van der Waals surface area contributed by atoms with E-state index in [1.54, 1.807) is 0 Å². The molecule has 1 unspecified atom stereocenters. The first-order valence-electron chi connectivity index (χ1n) is 11.4. The summed E-state index contributed by atoms with van der Waals surface area (Å²) in [5.74, 6) is 1.58. The van der Waals surface area contributed by atoms with Crippen LogP contribution in [0.4, 0.5) is 0 Å². The van der Waals surface area contributed by atoms with Crippen molar-refractivity contribution < 1.29 is 9.84 Å². The lowest BCUT2D eigenvalue weighted by atomic mass is 10.1. The average Bonchev–Trinajstić information content (AvgIpc) is 2.73. The smallest absolute Gasteiger partial charge is 0.191 e. The second-order valence-electron chi connectivity index (χ2n) is 8.25. The van der Waals surface area contributed by atoms with Crippen LogP contribution in [0, 0.1) is 0 Å². The number of rotatable bonds is 11. The van der Waals surface area contributed by atoms with E-state index in [-0.39, 0.29) is 6.10 Å². The quantitative estimate of drug-likeness (QED) is 0.290. The van der Waals surface area contributed by atoms with E-state index in [9.17, 15) is 5.11 Å². The fourth-order valence-corrected chi connectivity index (χ4v) is 3.40. The number of piperazine rings is 1. The molecule has 1 heterocycles. The minimum Gasteiger partial charge on any atom is -0.491 e. The van der Waals surface area contributed by atoms with E-state index in [1.807, 2.05) is 38.1 Å². The first kappa shape index (κ1) is 24.4. The summed E-state index contributed by atoms with van der Waals surface area (Å²) < 4.78 is 5.65. The van der Waals surface area contributed by atoms with Crippen molar-refractivity contribution in [3.8, 4) is 5.75 Å². The van der Waals surface area contributed by atoms with Crippen LogP contribution in [0.2, 0.25) is 0 Å². The predicted octanol–water partition coefficient (Wildman–Crippen LogP) is 2.09. The van der Waals surface area contributed by atoms with Gasteiger partial charge in [-0.25, -0.2) is 0 Å². The van der Waals surface area contributed by atoms with Gasteiger partial charge in [0, 0.05) is 39.3 Å². The molecule has 0 aliphatic carbocycles. The number of benzene rings is 1. The van der Waals surface area contributed by atoms with Gasteiger partial charge in [0.1, 0.15) is 5.75 Å². The molecule has 0 saturated carbocycles. The number of aliphatic imine (C=N–C) groups is 1. The van der Waals surface area contributed by atoms with Crippen LogP contribution in [-0.4, -0.2) is 86.4 Å². The molecule has 30 heavy (non-hydrogen) atoms. The first-order chi connectivity index (χ1) is 14.5. The van der Waals surface area contributed by atoms with Gasteiger partial charge in [-0.2, -0.15) is 0 Å². The Bertz CT molecular complexity index is 613. The fourth-order valence-electron chi connectivity index (χ4n) is 3.40. The van der Waals surface area contributed by atoms with E-state index >= 15 is 0 Å². The Morgan fingerprint density at radius 3 is 2.43 bits per heavy atom. The van der Waals surface area contributed by atoms with E-state index in [2.05, 4.69) is 39.4 Å². The summed E-state index contributed by atoms with van der Waals surface area (Å²) in [6.07, 6.45) is 1.80. The molecule has 1 atom stereocenters. The topological polar surface area (TPSA) is 72.4 Å². The van der Waals surface area contributed by atoms with Gasteiger partial charge in [-0.05, 0) is 64.9 Å². The van der Waals surface area contributed by atoms with Gasteiger partial charge in [0.25, 0.3) is 0 Å². The number of hydrogen-bond donors (Lipinski definition) is 3. The van der Waals surface area contributed by atoms with Crippen molar-refractivity contribution >= 4 is 5.96 Å². The number of aliphatic hydroxyl groups excluding tert-OH is 1. The molecule has 0 spiro atoms. The summed E-state index contributed by atoms with van der Waals surface area (Å²) in [4.78, 5) is 9.49. The standard InChI is InChI=1S/C23H41N5O2/c1-5-24-23(25-12-6-7-13-28-16-14-27(4)15-17-28)26-18-22(29)20-8-10-21(11-9-20)30-19(2)3/h8-11,19,22,29H,5-7,12-18H2,1-4H3,(H2,24,25,26). The highest BCUT2D eigenvalue weighted by Gasteiger charge is 2.13. The molecule has 0 radical (unpaired) electrons. The molecule has 0 bridgehead atoms. The maximum atomic E-state index is 10.5. The Kier molecular flexibility index (Phi) is 11.0. The van der Waals surface area contributed by atoms with Crippen molar-refractivity contribution in [2.75, 3.05) is 59.4 Å². The second kappa shape index (κ2) is 13.5. The lowest BCUT2D eigenvalue weighted by Crippen LogP contribution is -2.44. The molecule has 2 rings (SSSR count). The number of unbranched alkanes of at least 4 members (excludes halogenated alkanes) is 1. The Morgan fingerprint density at radius 1 is 1.10 bits per heavy atom. The first-order valence-corrected chi connectivity index (χ1v) is 11.4. The molecular formula is C23H41N5O2. The molecule has 1 aromatic carbocycles. The largest absolute Gasteiger partial charge is 0.491 e. The highest BCUT2D eigenvalue weighted by Crippen LogP contribution is 2.19. The van der Waals surface area contributed by atoms with Gasteiger partial charge in [-0.15, -0.1) is 0 Å². The third-order valence-corrected chi connectivity index (χ3v) is 5.19. The number of nitrogens with one attached hydrogen (secondary N) is 2. The highest BCUT2D eigenvalue weighted by molar-refractivity contribution is 5.79. The fraction of sp³-hybridized carbons (Fsp3) is 0.696. The minimum atomic E-state index is -0.634. The molecule has 0 aromatic heterocycles. The van der Waals surface area contributed by atoms with Crippen molar-refractivity contribution in [3.63, 3.8) is 0 Å². The van der Waals surface area contributed by atoms with Crippen LogP contribution in [0.5, 0.6) is 5.75 Å². The summed E-state index contributed by atoms with van der Waals surface area (Å²) >= 11 is 0. The number of likely N-dealkylation sites (N-methyl/N-ethyl adjacent to an activating group) is 1. The average molecular weight is 420 g/mol. The maximum Gasteiger partial charge on any atom is 0.191 e. The molecule has 1 fully saturated rings. The van der Waals surface area contributed by atoms with Crippen molar-refractivity contribution in [3.05, 3.63) is 29.8 Å². The molecule has 1 aromatic rings. The third kappa shape index (κ3) is 9.32. The number of guanidine groups is 1. The van der Waals surface area contributed by atoms with Gasteiger partial charge >= 0.3 is 0 Å². The monoisotopic (exact) mass is 419 g/mol. The maximum absolute atomic E-state index is 10.5. The Labute approximate surface area is 182 Å². The second-order valence-corrected chi connectivity index (χ2v) is 8.25. The Hall–Kier alpha value is -1.83. The molecule has 170 valence electrons. The number of aliphatic hydroxyl groups is 1. The van der Waals surface area contributed by atoms with E-state index in [0.29, 0.717) is 6.54 Å². The number of ether oxygens (including phenoxy) is 1. The summed E-state index contributed by atoms with van der Waals surface area (Å²) in [6, 6.07) is 7.59. The van der Waals surface area contributed by atoms with Crippen LogP contribution in [0.3, 0.4) is 0 Å². The Balaban J connectivity index is 1.71. The van der Waals surface area contributed by atoms with Gasteiger partial charge in [-0.1, -0.05) is 12.1 Å². The minimum absolute atomic E-state index is 0.140. The SMILES string of the molecule is CCNC(=NCC(O)c1ccc(OC(C)C)cc1)NCCCCN1CCN(C)CC1. The van der Waals surface area contributed by atoms with Crippen molar-refractivity contribution in [1.82, 2.24) is 20.4 Å². The molecule has 0 amide bonds. The van der Waals surface area contributed by atoms with Gasteiger partial charge in [0.15, 0.2) is 5.96 Å². The third-order valence-electron chi connectivity index (χ3n) is 5.19. The van der Waals surface area contributed by atoms with Crippen LogP contribution >= 0.6 is 0 Å². The van der Waals surface area contributed by atoms with Crippen LogP contribution in [-0.2, 0) is 0 Å². The van der Waals surface area contributed by atoms with Gasteiger partial charge in [0.2, 0.25) is 0 Å². The van der Waals surface area contributed by atoms with E-state index < -0.39 is 6.10 Å². The number of hydrogen-bond acceptors (Lipinski definition) is 5. The van der Waals surface area contributed by atoms with Crippen molar-refractivity contribution in [1.29, 1.82) is 0 Å².